The van der Waals surface area contributed by atoms with Crippen LogP contribution in [0.25, 0.3) is 0 Å². The minimum atomic E-state index is -1.79. The molecule has 3 aliphatic rings. The Morgan fingerprint density at radius 2 is 1.89 bits per heavy atom. The number of anilines is 1. The monoisotopic (exact) mass is 727 g/mol. The second kappa shape index (κ2) is 12.5. The van der Waals surface area contributed by atoms with Gasteiger partial charge < -0.3 is 40.8 Å². The molecule has 0 radical (unpaired) electrons. The van der Waals surface area contributed by atoms with E-state index in [0.717, 1.165) is 47.0 Å². The van der Waals surface area contributed by atoms with E-state index in [0.29, 0.717) is 0 Å². The summed E-state index contributed by atoms with van der Waals surface area (Å²) in [6.07, 6.45) is -0.385. The Bertz CT molecular complexity index is 1740. The zero-order chi connectivity index (χ0) is 34.6. The van der Waals surface area contributed by atoms with Gasteiger partial charge in [0.15, 0.2) is 32.2 Å². The van der Waals surface area contributed by atoms with Crippen LogP contribution >= 0.6 is 46.5 Å². The van der Waals surface area contributed by atoms with Crippen LogP contribution in [0.15, 0.2) is 22.7 Å². The highest BCUT2D eigenvalue weighted by atomic mass is 35.5. The van der Waals surface area contributed by atoms with Gasteiger partial charge in [-0.1, -0.05) is 16.8 Å². The molecule has 0 aliphatic carbocycles. The fraction of sp³-hybridized carbons (Fsp3) is 0.407. The van der Waals surface area contributed by atoms with Crippen molar-refractivity contribution in [2.75, 3.05) is 25.4 Å². The first-order chi connectivity index (χ1) is 22.0. The molecule has 47 heavy (non-hydrogen) atoms. The third-order valence-corrected chi connectivity index (χ3v) is 12.1. The molecule has 6 N–H and O–H groups in total. The molecule has 0 saturated carbocycles. The lowest BCUT2D eigenvalue weighted by atomic mass is 9.90. The van der Waals surface area contributed by atoms with E-state index in [1.807, 2.05) is 0 Å². The highest BCUT2D eigenvalue weighted by molar-refractivity contribution is 8.20. The maximum absolute atomic E-state index is 13.4. The number of carboxylic acids is 2. The average molecular weight is 728 g/mol. The molecule has 2 amide bonds. The van der Waals surface area contributed by atoms with Gasteiger partial charge in [0.05, 0.1) is 28.4 Å². The van der Waals surface area contributed by atoms with Crippen LogP contribution in [0.1, 0.15) is 36.3 Å². The predicted molar refractivity (Wildman–Crippen MR) is 170 cm³/mol. The summed E-state index contributed by atoms with van der Waals surface area (Å²) in [6, 6.07) is 2.12. The first kappa shape index (κ1) is 34.3. The van der Waals surface area contributed by atoms with Gasteiger partial charge in [-0.3, -0.25) is 19.2 Å². The molecule has 16 nitrogen and oxygen atoms in total. The van der Waals surface area contributed by atoms with Crippen molar-refractivity contribution in [2.45, 2.75) is 40.6 Å². The molecule has 4 heterocycles. The summed E-state index contributed by atoms with van der Waals surface area (Å²) in [6.45, 7) is 2.34. The lowest BCUT2D eigenvalue weighted by molar-refractivity contribution is -0.161. The second-order valence-electron chi connectivity index (χ2n) is 11.3. The van der Waals surface area contributed by atoms with Crippen LogP contribution in [0.2, 0.25) is 5.02 Å². The molecule has 20 heteroatoms. The number of benzene rings is 1. The van der Waals surface area contributed by atoms with Crippen molar-refractivity contribution in [3.8, 4) is 11.5 Å². The number of halogens is 1. The third-order valence-electron chi connectivity index (χ3n) is 7.61. The molecule has 1 aromatic heterocycles. The van der Waals surface area contributed by atoms with Crippen LogP contribution in [0.5, 0.6) is 11.5 Å². The van der Waals surface area contributed by atoms with Crippen molar-refractivity contribution >= 4 is 92.6 Å². The number of thiazole rings is 1. The summed E-state index contributed by atoms with van der Waals surface area (Å²) >= 11 is 8.95. The summed E-state index contributed by atoms with van der Waals surface area (Å²) in [5.41, 5.74) is 3.31. The molecule has 250 valence electrons. The summed E-state index contributed by atoms with van der Waals surface area (Å²) in [4.78, 5) is 87.7. The van der Waals surface area contributed by atoms with Gasteiger partial charge in [-0.05, 0) is 26.0 Å². The summed E-state index contributed by atoms with van der Waals surface area (Å²) in [5, 5.41) is 42.7. The number of aromatic hydroxyl groups is 2. The Balaban J connectivity index is 1.24. The fourth-order valence-electron chi connectivity index (χ4n) is 4.86. The number of phenols is 2. The molecule has 0 unspecified atom stereocenters. The van der Waals surface area contributed by atoms with Gasteiger partial charge in [-0.25, -0.2) is 14.6 Å². The lowest BCUT2D eigenvalue weighted by Gasteiger charge is -2.41. The minimum absolute atomic E-state index is 0.0241. The quantitative estimate of drug-likeness (QED) is 0.0518. The smallest absolute Gasteiger partial charge is 0.350 e. The number of fused-ring (bicyclic) bond motifs is 1. The number of ketones is 2. The molecule has 3 fully saturated rings. The van der Waals surface area contributed by atoms with Crippen LogP contribution in [0.4, 0.5) is 5.13 Å². The number of thioether (sulfide) groups is 2. The third kappa shape index (κ3) is 6.31. The number of phenolic OH excluding ortho intramolecular Hbond substituents is 2. The number of hydrogen-bond acceptors (Lipinski definition) is 15. The van der Waals surface area contributed by atoms with Crippen molar-refractivity contribution < 1.29 is 54.0 Å². The van der Waals surface area contributed by atoms with E-state index in [1.54, 1.807) is 0 Å². The number of carbonyl (C=O) groups is 6. The van der Waals surface area contributed by atoms with Crippen molar-refractivity contribution in [3.63, 3.8) is 0 Å². The predicted octanol–water partition coefficient (Wildman–Crippen LogP) is 1.47. The van der Waals surface area contributed by atoms with Crippen LogP contribution in [0.3, 0.4) is 0 Å². The first-order valence-corrected chi connectivity index (χ1v) is 16.6. The Hall–Kier alpha value is -4.07. The number of Topliss-reactive ketones (excluding diaryl/α,β-unsaturated/α-hetero) is 2. The summed E-state index contributed by atoms with van der Waals surface area (Å²) in [7, 11) is 0. The zero-order valence-electron chi connectivity index (χ0n) is 24.4. The van der Waals surface area contributed by atoms with E-state index >= 15 is 0 Å². The maximum atomic E-state index is 13.4. The number of aliphatic carboxylic acids is 2. The summed E-state index contributed by atoms with van der Waals surface area (Å²) < 4.78 is -1.52. The molecule has 0 bridgehead atoms. The zero-order valence-corrected chi connectivity index (χ0v) is 27.6. The molecular formula is C27H26ClN5O11S3. The number of hydrogen-bond donors (Lipinski definition) is 5. The van der Waals surface area contributed by atoms with Gasteiger partial charge in [0.1, 0.15) is 5.69 Å². The fourth-order valence-corrected chi connectivity index (χ4v) is 9.32. The Labute approximate surface area is 282 Å². The number of likely N-dealkylation sites (tertiary alicyclic amines) is 1. The molecule has 3 atom stereocenters. The van der Waals surface area contributed by atoms with Crippen LogP contribution in [-0.2, 0) is 28.8 Å². The van der Waals surface area contributed by atoms with Gasteiger partial charge in [-0.2, -0.15) is 0 Å². The number of rotatable bonds is 12. The Morgan fingerprint density at radius 1 is 1.21 bits per heavy atom. The van der Waals surface area contributed by atoms with E-state index in [1.165, 1.54) is 29.0 Å². The van der Waals surface area contributed by atoms with E-state index in [-0.39, 0.29) is 48.2 Å². The van der Waals surface area contributed by atoms with E-state index in [2.05, 4.69) is 10.1 Å². The molecule has 1 aromatic carbocycles. The van der Waals surface area contributed by atoms with E-state index in [9.17, 15) is 49.2 Å². The molecule has 2 aromatic rings. The molecule has 3 aliphatic heterocycles. The first-order valence-electron chi connectivity index (χ1n) is 13.6. The second-order valence-corrected chi connectivity index (χ2v) is 15.8. The van der Waals surface area contributed by atoms with Crippen LogP contribution in [0, 0.1) is 5.92 Å². The molecule has 5 rings (SSSR count). The van der Waals surface area contributed by atoms with Crippen LogP contribution in [-0.4, -0.2) is 116 Å². The number of aromatic nitrogens is 1. The highest BCUT2D eigenvalue weighted by Gasteiger charge is 2.63. The number of nitrogens with zero attached hydrogens (tertiary/aromatic N) is 4. The van der Waals surface area contributed by atoms with Gasteiger partial charge in [0, 0.05) is 30.1 Å². The molecule has 3 saturated heterocycles. The topological polar surface area (TPSA) is 250 Å². The SMILES string of the molecule is CC(C)(O/N=C(\C(=O)C[C@@H]1C(=O)N2C[C@](SC3CN(C(=O)C(=O)c4ccc(O)c(O)c4Cl)C3)(C(=O)O)S[C@H]12)c1csc(N)n1)C(=O)O. The number of amides is 2. The van der Waals surface area contributed by atoms with Gasteiger partial charge >= 0.3 is 11.9 Å². The number of nitrogens with two attached hydrogens (primary N) is 1. The number of carboxylic acid groups (broad SMARTS) is 2. The molecular weight excluding hydrogens is 702 g/mol. The van der Waals surface area contributed by atoms with E-state index < -0.39 is 78.1 Å². The van der Waals surface area contributed by atoms with Crippen LogP contribution < -0.4 is 5.73 Å². The largest absolute Gasteiger partial charge is 0.504 e. The Morgan fingerprint density at radius 3 is 2.49 bits per heavy atom. The van der Waals surface area contributed by atoms with Gasteiger partial charge in [0.25, 0.3) is 11.7 Å². The number of oxime groups is 1. The number of carbonyl (C=O) groups excluding carboxylic acids is 4. The minimum Gasteiger partial charge on any atom is -0.504 e. The number of nitrogen functional groups attached to an aromatic ring is 1. The number of β-lactam (4-membered cyclic amide) rings is 1. The Kier molecular flexibility index (Phi) is 9.12. The maximum Gasteiger partial charge on any atom is 0.350 e. The summed E-state index contributed by atoms with van der Waals surface area (Å²) in [5.74, 6) is -7.84. The van der Waals surface area contributed by atoms with Crippen molar-refractivity contribution in [1.82, 2.24) is 14.8 Å². The lowest BCUT2D eigenvalue weighted by Crippen LogP contribution is -2.58. The van der Waals surface area contributed by atoms with Crippen molar-refractivity contribution in [2.24, 2.45) is 11.1 Å². The van der Waals surface area contributed by atoms with Gasteiger partial charge in [-0.15, -0.1) is 34.9 Å². The standard InChI is InChI=1S/C27H26ClN5O11S3/c1-26(2,23(40)41)44-31-17(13-8-45-25(29)30-13)15(35)5-12-20(38)33-9-27(24(42)43,47-22(12)33)46-10-6-32(7-10)21(39)18(36)11-3-4-14(34)19(37)16(11)28/h3-4,8,10,12,22,34,37H,5-7,9H2,1-2H3,(H2,29,30)(H,40,41)(H,42,43)/b31-17-/t12-,22-,27-/m1/s1. The van der Waals surface area contributed by atoms with E-state index in [4.69, 9.17) is 22.2 Å². The van der Waals surface area contributed by atoms with Crippen molar-refractivity contribution in [1.29, 1.82) is 0 Å². The van der Waals surface area contributed by atoms with Crippen molar-refractivity contribution in [3.05, 3.63) is 33.8 Å². The average Bonchev–Trinajstić information content (AvgIpc) is 3.58. The van der Waals surface area contributed by atoms with Gasteiger partial charge in [0.2, 0.25) is 11.5 Å². The normalized spacial score (nSPS) is 22.7. The molecule has 0 spiro atoms. The highest BCUT2D eigenvalue weighted by Crippen LogP contribution is 2.57.